The van der Waals surface area contributed by atoms with Crippen molar-refractivity contribution < 1.29 is 4.39 Å². The van der Waals surface area contributed by atoms with Crippen LogP contribution < -0.4 is 10.9 Å². The van der Waals surface area contributed by atoms with Crippen molar-refractivity contribution in [1.29, 1.82) is 0 Å². The Hall–Kier alpha value is -1.84. The smallest absolute Gasteiger partial charge is 0.261 e. The van der Waals surface area contributed by atoms with E-state index < -0.39 is 11.4 Å². The first-order valence-corrected chi connectivity index (χ1v) is 8.70. The standard InChI is InChI=1S/C17H18FN3OS/c1-2-3-11-8-13(18)16-14(9-11)20-15(21-17(16)22)10-23-12-4-6-19-7-5-12/h8-9,12,19H,4-7,10H2,1H3,(H,20,21,22). The molecule has 0 aliphatic carbocycles. The first-order valence-electron chi connectivity index (χ1n) is 7.65. The SMILES string of the molecule is CC#Cc1cc(F)c2c(=O)[nH]c(CSC3CCNCC3)nc2c1. The number of aromatic amines is 1. The fourth-order valence-corrected chi connectivity index (χ4v) is 3.82. The molecule has 0 amide bonds. The van der Waals surface area contributed by atoms with Gasteiger partial charge in [0.2, 0.25) is 0 Å². The number of nitrogens with one attached hydrogen (secondary N) is 2. The van der Waals surface area contributed by atoms with Gasteiger partial charge in [-0.1, -0.05) is 5.92 Å². The molecule has 1 aromatic heterocycles. The maximum absolute atomic E-state index is 14.1. The molecule has 2 heterocycles. The molecule has 0 saturated carbocycles. The van der Waals surface area contributed by atoms with Crippen LogP contribution in [0.3, 0.4) is 0 Å². The van der Waals surface area contributed by atoms with Gasteiger partial charge in [-0.3, -0.25) is 4.79 Å². The summed E-state index contributed by atoms with van der Waals surface area (Å²) in [5.74, 6) is 6.18. The molecule has 1 aromatic carbocycles. The average Bonchev–Trinajstić information content (AvgIpc) is 2.53. The molecule has 0 atom stereocenters. The monoisotopic (exact) mass is 331 g/mol. The predicted molar refractivity (Wildman–Crippen MR) is 92.1 cm³/mol. The molecule has 0 bridgehead atoms. The quantitative estimate of drug-likeness (QED) is 0.848. The molecule has 23 heavy (non-hydrogen) atoms. The van der Waals surface area contributed by atoms with Gasteiger partial charge in [0.1, 0.15) is 17.0 Å². The summed E-state index contributed by atoms with van der Waals surface area (Å²) in [4.78, 5) is 19.3. The summed E-state index contributed by atoms with van der Waals surface area (Å²) in [7, 11) is 0. The molecule has 1 saturated heterocycles. The second kappa shape index (κ2) is 7.16. The van der Waals surface area contributed by atoms with Gasteiger partial charge in [-0.05, 0) is 45.0 Å². The third kappa shape index (κ3) is 3.74. The maximum Gasteiger partial charge on any atom is 0.261 e. The molecule has 0 radical (unpaired) electrons. The Balaban J connectivity index is 1.89. The van der Waals surface area contributed by atoms with Crippen LogP contribution in [0.25, 0.3) is 10.9 Å². The molecular weight excluding hydrogens is 313 g/mol. The Kier molecular flexibility index (Phi) is 4.99. The summed E-state index contributed by atoms with van der Waals surface area (Å²) in [5.41, 5.74) is 0.476. The third-order valence-electron chi connectivity index (χ3n) is 3.82. The highest BCUT2D eigenvalue weighted by molar-refractivity contribution is 7.99. The minimum atomic E-state index is -0.577. The Morgan fingerprint density at radius 3 is 2.91 bits per heavy atom. The minimum Gasteiger partial charge on any atom is -0.317 e. The molecule has 0 unspecified atom stereocenters. The van der Waals surface area contributed by atoms with E-state index in [0.29, 0.717) is 27.9 Å². The zero-order valence-electron chi connectivity index (χ0n) is 12.9. The van der Waals surface area contributed by atoms with Crippen LogP contribution in [0, 0.1) is 17.7 Å². The number of benzene rings is 1. The highest BCUT2D eigenvalue weighted by Gasteiger charge is 2.15. The lowest BCUT2D eigenvalue weighted by molar-refractivity contribution is 0.531. The lowest BCUT2D eigenvalue weighted by atomic mass is 10.1. The Morgan fingerprint density at radius 2 is 2.17 bits per heavy atom. The Labute approximate surface area is 138 Å². The van der Waals surface area contributed by atoms with E-state index in [2.05, 4.69) is 27.1 Å². The fraction of sp³-hybridized carbons (Fsp3) is 0.412. The van der Waals surface area contributed by atoms with Gasteiger partial charge in [0, 0.05) is 10.8 Å². The molecule has 2 aromatic rings. The lowest BCUT2D eigenvalue weighted by Gasteiger charge is -2.21. The van der Waals surface area contributed by atoms with Crippen LogP contribution in [0.4, 0.5) is 4.39 Å². The number of thioether (sulfide) groups is 1. The number of rotatable bonds is 3. The third-order valence-corrected chi connectivity index (χ3v) is 5.20. The summed E-state index contributed by atoms with van der Waals surface area (Å²) in [6.45, 7) is 3.75. The van der Waals surface area contributed by atoms with E-state index in [0.717, 1.165) is 25.9 Å². The molecule has 3 rings (SSSR count). The van der Waals surface area contributed by atoms with Crippen LogP contribution in [0.2, 0.25) is 0 Å². The lowest BCUT2D eigenvalue weighted by Crippen LogP contribution is -2.29. The zero-order valence-corrected chi connectivity index (χ0v) is 13.7. The summed E-state index contributed by atoms with van der Waals surface area (Å²) in [6.07, 6.45) is 2.24. The largest absolute Gasteiger partial charge is 0.317 e. The van der Waals surface area contributed by atoms with Crippen LogP contribution in [0.5, 0.6) is 0 Å². The van der Waals surface area contributed by atoms with Crippen molar-refractivity contribution in [3.63, 3.8) is 0 Å². The van der Waals surface area contributed by atoms with Crippen molar-refractivity contribution in [1.82, 2.24) is 15.3 Å². The minimum absolute atomic E-state index is 0.00210. The van der Waals surface area contributed by atoms with Crippen LogP contribution in [-0.2, 0) is 5.75 Å². The van der Waals surface area contributed by atoms with Crippen LogP contribution in [0.1, 0.15) is 31.2 Å². The highest BCUT2D eigenvalue weighted by atomic mass is 32.2. The number of hydrogen-bond donors (Lipinski definition) is 2. The van der Waals surface area contributed by atoms with E-state index in [1.807, 2.05) is 0 Å². The highest BCUT2D eigenvalue weighted by Crippen LogP contribution is 2.23. The van der Waals surface area contributed by atoms with Gasteiger partial charge in [0.25, 0.3) is 5.56 Å². The molecule has 120 valence electrons. The molecule has 4 nitrogen and oxygen atoms in total. The Morgan fingerprint density at radius 1 is 1.39 bits per heavy atom. The maximum atomic E-state index is 14.1. The average molecular weight is 331 g/mol. The summed E-state index contributed by atoms with van der Waals surface area (Å²) in [6, 6.07) is 2.95. The first-order chi connectivity index (χ1) is 11.2. The molecular formula is C17H18FN3OS. The summed E-state index contributed by atoms with van der Waals surface area (Å²) >= 11 is 1.79. The van der Waals surface area contributed by atoms with Gasteiger partial charge in [-0.2, -0.15) is 11.8 Å². The van der Waals surface area contributed by atoms with Crippen molar-refractivity contribution in [3.8, 4) is 11.8 Å². The second-order valence-corrected chi connectivity index (χ2v) is 6.79. The van der Waals surface area contributed by atoms with E-state index in [-0.39, 0.29) is 5.39 Å². The normalized spacial score (nSPS) is 15.4. The number of aromatic nitrogens is 2. The fourth-order valence-electron chi connectivity index (χ4n) is 2.72. The van der Waals surface area contributed by atoms with Gasteiger partial charge < -0.3 is 10.3 Å². The van der Waals surface area contributed by atoms with E-state index in [1.165, 1.54) is 6.07 Å². The van der Waals surface area contributed by atoms with Gasteiger partial charge in [-0.25, -0.2) is 9.37 Å². The number of hydrogen-bond acceptors (Lipinski definition) is 4. The molecule has 0 spiro atoms. The second-order valence-electron chi connectivity index (χ2n) is 5.50. The summed E-state index contributed by atoms with van der Waals surface area (Å²) in [5, 5.41) is 3.91. The number of fused-ring (bicyclic) bond motifs is 1. The molecule has 2 N–H and O–H groups in total. The van der Waals surface area contributed by atoms with E-state index in [4.69, 9.17) is 0 Å². The molecule has 1 aliphatic rings. The van der Waals surface area contributed by atoms with E-state index >= 15 is 0 Å². The topological polar surface area (TPSA) is 57.8 Å². The van der Waals surface area contributed by atoms with Gasteiger partial charge in [-0.15, -0.1) is 5.92 Å². The first kappa shape index (κ1) is 16.0. The number of nitrogens with zero attached hydrogens (tertiary/aromatic N) is 1. The van der Waals surface area contributed by atoms with Crippen molar-refractivity contribution in [2.45, 2.75) is 30.8 Å². The summed E-state index contributed by atoms with van der Waals surface area (Å²) < 4.78 is 14.1. The zero-order chi connectivity index (χ0) is 16.2. The number of piperidine rings is 1. The number of H-pyrrole nitrogens is 1. The van der Waals surface area contributed by atoms with Crippen molar-refractivity contribution in [2.24, 2.45) is 0 Å². The van der Waals surface area contributed by atoms with Gasteiger partial charge in [0.05, 0.1) is 11.3 Å². The van der Waals surface area contributed by atoms with Gasteiger partial charge in [0.15, 0.2) is 0 Å². The van der Waals surface area contributed by atoms with Crippen LogP contribution in [0.15, 0.2) is 16.9 Å². The van der Waals surface area contributed by atoms with Crippen molar-refractivity contribution in [3.05, 3.63) is 39.7 Å². The molecule has 6 heteroatoms. The van der Waals surface area contributed by atoms with Crippen molar-refractivity contribution >= 4 is 22.7 Å². The van der Waals surface area contributed by atoms with Gasteiger partial charge >= 0.3 is 0 Å². The van der Waals surface area contributed by atoms with Crippen LogP contribution >= 0.6 is 11.8 Å². The van der Waals surface area contributed by atoms with Crippen LogP contribution in [-0.4, -0.2) is 28.3 Å². The van der Waals surface area contributed by atoms with E-state index in [9.17, 15) is 9.18 Å². The van der Waals surface area contributed by atoms with E-state index in [1.54, 1.807) is 24.8 Å². The number of halogens is 1. The Bertz CT molecular complexity index is 831. The predicted octanol–water partition coefficient (Wildman–Crippen LogP) is 2.42. The molecule has 1 fully saturated rings. The molecule has 1 aliphatic heterocycles. The van der Waals surface area contributed by atoms with Crippen molar-refractivity contribution in [2.75, 3.05) is 13.1 Å².